The van der Waals surface area contributed by atoms with E-state index in [9.17, 15) is 0 Å². The highest BCUT2D eigenvalue weighted by Crippen LogP contribution is 2.17. The van der Waals surface area contributed by atoms with Crippen molar-refractivity contribution in [1.29, 1.82) is 0 Å². The van der Waals surface area contributed by atoms with Crippen molar-refractivity contribution in [2.45, 2.75) is 20.5 Å². The highest BCUT2D eigenvalue weighted by molar-refractivity contribution is 5.36. The summed E-state index contributed by atoms with van der Waals surface area (Å²) < 4.78 is 12.9. The number of hydrogen-bond donors (Lipinski definition) is 0. The first-order chi connectivity index (χ1) is 9.72. The molecule has 0 amide bonds. The molecule has 0 aliphatic carbocycles. The summed E-state index contributed by atoms with van der Waals surface area (Å²) >= 11 is 0. The number of benzene rings is 1. The zero-order valence-electron chi connectivity index (χ0n) is 11.4. The van der Waals surface area contributed by atoms with Gasteiger partial charge in [-0.2, -0.15) is 5.10 Å². The Morgan fingerprint density at radius 1 is 1.20 bits per heavy atom. The number of rotatable bonds is 4. The lowest BCUT2D eigenvalue weighted by atomic mass is 10.3. The Bertz CT molecular complexity index is 665. The van der Waals surface area contributed by atoms with Gasteiger partial charge in [0.05, 0.1) is 11.4 Å². The molecule has 0 saturated carbocycles. The van der Waals surface area contributed by atoms with Crippen LogP contribution in [0.25, 0.3) is 5.69 Å². The fourth-order valence-corrected chi connectivity index (χ4v) is 1.86. The Labute approximate surface area is 116 Å². The maximum Gasteiger partial charge on any atom is 0.232 e. The molecule has 0 unspecified atom stereocenters. The summed E-state index contributed by atoms with van der Waals surface area (Å²) in [5.41, 5.74) is 1.89. The molecule has 2 heterocycles. The van der Waals surface area contributed by atoms with Gasteiger partial charge >= 0.3 is 0 Å². The number of hydrogen-bond acceptors (Lipinski definition) is 4. The van der Waals surface area contributed by atoms with Crippen molar-refractivity contribution in [2.75, 3.05) is 0 Å². The Morgan fingerprint density at radius 3 is 2.60 bits per heavy atom. The van der Waals surface area contributed by atoms with Crippen molar-refractivity contribution in [2.24, 2.45) is 0 Å². The van der Waals surface area contributed by atoms with E-state index >= 15 is 0 Å². The molecule has 3 rings (SSSR count). The average molecular weight is 269 g/mol. The number of aromatic nitrogens is 3. The molecule has 5 nitrogen and oxygen atoms in total. The molecule has 0 N–H and O–H groups in total. The third kappa shape index (κ3) is 2.56. The van der Waals surface area contributed by atoms with Gasteiger partial charge in [-0.1, -0.05) is 0 Å². The van der Waals surface area contributed by atoms with Gasteiger partial charge < -0.3 is 9.15 Å². The number of ether oxygens (including phenoxy) is 1. The lowest BCUT2D eigenvalue weighted by Crippen LogP contribution is -1.97. The van der Waals surface area contributed by atoms with E-state index in [1.165, 1.54) is 0 Å². The summed E-state index contributed by atoms with van der Waals surface area (Å²) in [7, 11) is 0. The predicted octanol–water partition coefficient (Wildman–Crippen LogP) is 3.06. The zero-order chi connectivity index (χ0) is 13.9. The molecule has 0 fully saturated rings. The van der Waals surface area contributed by atoms with Gasteiger partial charge in [-0.05, 0) is 44.2 Å². The van der Waals surface area contributed by atoms with Gasteiger partial charge in [0.25, 0.3) is 0 Å². The van der Waals surface area contributed by atoms with E-state index in [0.717, 1.165) is 22.9 Å². The minimum Gasteiger partial charge on any atom is -0.484 e. The van der Waals surface area contributed by atoms with Gasteiger partial charge in [0, 0.05) is 12.4 Å². The summed E-state index contributed by atoms with van der Waals surface area (Å²) in [4.78, 5) is 4.28. The van der Waals surface area contributed by atoms with E-state index in [2.05, 4.69) is 10.1 Å². The van der Waals surface area contributed by atoms with Crippen LogP contribution >= 0.6 is 0 Å². The number of nitrogens with zero attached hydrogens (tertiary/aromatic N) is 3. The lowest BCUT2D eigenvalue weighted by molar-refractivity contribution is 0.260. The summed E-state index contributed by atoms with van der Waals surface area (Å²) in [6.07, 6.45) is 3.64. The van der Waals surface area contributed by atoms with Crippen molar-refractivity contribution < 1.29 is 9.15 Å². The Morgan fingerprint density at radius 2 is 2.00 bits per heavy atom. The highest BCUT2D eigenvalue weighted by Gasteiger charge is 2.06. The Hall–Kier alpha value is -2.56. The topological polar surface area (TPSA) is 53.1 Å². The van der Waals surface area contributed by atoms with Crippen LogP contribution in [0.15, 0.2) is 47.1 Å². The van der Waals surface area contributed by atoms with E-state index in [1.54, 1.807) is 10.9 Å². The van der Waals surface area contributed by atoms with Gasteiger partial charge in [-0.15, -0.1) is 0 Å². The van der Waals surface area contributed by atoms with E-state index < -0.39 is 0 Å². The minimum atomic E-state index is 0.329. The second kappa shape index (κ2) is 5.21. The van der Waals surface area contributed by atoms with E-state index in [-0.39, 0.29) is 0 Å². The Kier molecular flexibility index (Phi) is 3.25. The number of aryl methyl sites for hydroxylation is 2. The van der Waals surface area contributed by atoms with E-state index in [0.29, 0.717) is 12.5 Å². The standard InChI is InChI=1S/C15H15N3O2/c1-11-12(2)20-15(17-11)10-19-14-6-4-13(5-7-14)18-9-3-8-16-18/h3-9H,10H2,1-2H3. The molecule has 0 aliphatic rings. The van der Waals surface area contributed by atoms with Crippen molar-refractivity contribution in [3.8, 4) is 11.4 Å². The summed E-state index contributed by atoms with van der Waals surface area (Å²) in [5.74, 6) is 2.20. The van der Waals surface area contributed by atoms with Crippen LogP contribution < -0.4 is 4.74 Å². The quantitative estimate of drug-likeness (QED) is 0.730. The summed E-state index contributed by atoms with van der Waals surface area (Å²) in [6.45, 7) is 4.14. The van der Waals surface area contributed by atoms with Crippen molar-refractivity contribution in [3.63, 3.8) is 0 Å². The molecular formula is C15H15N3O2. The maximum absolute atomic E-state index is 5.65. The molecule has 1 aromatic carbocycles. The number of oxazole rings is 1. The molecule has 0 atom stereocenters. The first-order valence-corrected chi connectivity index (χ1v) is 6.38. The van der Waals surface area contributed by atoms with Crippen molar-refractivity contribution in [1.82, 2.24) is 14.8 Å². The van der Waals surface area contributed by atoms with Gasteiger partial charge in [-0.25, -0.2) is 9.67 Å². The van der Waals surface area contributed by atoms with Crippen LogP contribution in [0.5, 0.6) is 5.75 Å². The molecule has 0 spiro atoms. The first kappa shape index (κ1) is 12.5. The van der Waals surface area contributed by atoms with Crippen molar-refractivity contribution >= 4 is 0 Å². The maximum atomic E-state index is 5.65. The molecule has 2 aromatic heterocycles. The molecule has 0 aliphatic heterocycles. The van der Waals surface area contributed by atoms with Crippen LogP contribution in [0.2, 0.25) is 0 Å². The van der Waals surface area contributed by atoms with Gasteiger partial charge in [0.1, 0.15) is 11.5 Å². The SMILES string of the molecule is Cc1nc(COc2ccc(-n3cccn3)cc2)oc1C. The fourth-order valence-electron chi connectivity index (χ4n) is 1.86. The average Bonchev–Trinajstić information content (AvgIpc) is 3.08. The van der Waals surface area contributed by atoms with Gasteiger partial charge in [0.2, 0.25) is 5.89 Å². The predicted molar refractivity (Wildman–Crippen MR) is 73.9 cm³/mol. The monoisotopic (exact) mass is 269 g/mol. The molecular weight excluding hydrogens is 254 g/mol. The third-order valence-corrected chi connectivity index (χ3v) is 3.04. The molecule has 3 aromatic rings. The summed E-state index contributed by atoms with van der Waals surface area (Å²) in [6, 6.07) is 9.60. The molecule has 0 radical (unpaired) electrons. The van der Waals surface area contributed by atoms with E-state index in [1.807, 2.05) is 50.4 Å². The minimum absolute atomic E-state index is 0.329. The lowest BCUT2D eigenvalue weighted by Gasteiger charge is -2.05. The summed E-state index contributed by atoms with van der Waals surface area (Å²) in [5, 5.41) is 4.17. The van der Waals surface area contributed by atoms with Crippen LogP contribution in [0.1, 0.15) is 17.3 Å². The van der Waals surface area contributed by atoms with Gasteiger partial charge in [0.15, 0.2) is 6.61 Å². The van der Waals surface area contributed by atoms with Gasteiger partial charge in [-0.3, -0.25) is 0 Å². The van der Waals surface area contributed by atoms with Crippen LogP contribution in [0.4, 0.5) is 0 Å². The second-order valence-corrected chi connectivity index (χ2v) is 4.48. The van der Waals surface area contributed by atoms with E-state index in [4.69, 9.17) is 9.15 Å². The van der Waals surface area contributed by atoms with Crippen LogP contribution in [0, 0.1) is 13.8 Å². The molecule has 20 heavy (non-hydrogen) atoms. The second-order valence-electron chi connectivity index (χ2n) is 4.48. The fraction of sp³-hybridized carbons (Fsp3) is 0.200. The molecule has 5 heteroatoms. The largest absolute Gasteiger partial charge is 0.484 e. The highest BCUT2D eigenvalue weighted by atomic mass is 16.5. The normalized spacial score (nSPS) is 10.7. The molecule has 0 saturated heterocycles. The Balaban J connectivity index is 1.66. The molecule has 102 valence electrons. The van der Waals surface area contributed by atoms with Crippen LogP contribution in [-0.4, -0.2) is 14.8 Å². The third-order valence-electron chi connectivity index (χ3n) is 3.04. The van der Waals surface area contributed by atoms with Crippen molar-refractivity contribution in [3.05, 3.63) is 60.1 Å². The molecule has 0 bridgehead atoms. The van der Waals surface area contributed by atoms with Crippen LogP contribution in [0.3, 0.4) is 0 Å². The van der Waals surface area contributed by atoms with Crippen LogP contribution in [-0.2, 0) is 6.61 Å². The zero-order valence-corrected chi connectivity index (χ0v) is 11.4. The smallest absolute Gasteiger partial charge is 0.232 e. The first-order valence-electron chi connectivity index (χ1n) is 6.38.